The van der Waals surface area contributed by atoms with Crippen molar-refractivity contribution in [2.75, 3.05) is 39.3 Å². The molecule has 6 nitrogen and oxygen atoms in total. The van der Waals surface area contributed by atoms with Gasteiger partial charge in [0.05, 0.1) is 13.1 Å². The zero-order chi connectivity index (χ0) is 14.4. The summed E-state index contributed by atoms with van der Waals surface area (Å²) in [5.41, 5.74) is 0. The van der Waals surface area contributed by atoms with E-state index in [2.05, 4.69) is 17.1 Å². The average Bonchev–Trinajstić information content (AvgIpc) is 3.07. The number of cyclic esters (lactones) is 1. The van der Waals surface area contributed by atoms with E-state index in [1.807, 2.05) is 0 Å². The van der Waals surface area contributed by atoms with Gasteiger partial charge < -0.3 is 10.1 Å². The Morgan fingerprint density at radius 1 is 1.55 bits per heavy atom. The first kappa shape index (κ1) is 15.3. The molecule has 114 valence electrons. The van der Waals surface area contributed by atoms with Gasteiger partial charge in [-0.25, -0.2) is 9.69 Å². The second-order valence-electron chi connectivity index (χ2n) is 5.54. The van der Waals surface area contributed by atoms with Crippen molar-refractivity contribution in [2.45, 2.75) is 38.6 Å². The quantitative estimate of drug-likeness (QED) is 0.749. The Hall–Kier alpha value is -1.14. The molecule has 0 radical (unpaired) electrons. The van der Waals surface area contributed by atoms with Crippen molar-refractivity contribution < 1.29 is 14.3 Å². The third-order valence-corrected chi connectivity index (χ3v) is 3.89. The van der Waals surface area contributed by atoms with Crippen LogP contribution in [-0.2, 0) is 9.53 Å². The van der Waals surface area contributed by atoms with Gasteiger partial charge >= 0.3 is 6.09 Å². The standard InChI is InChI=1S/C14H25N3O3/c1-2-3-7-16(10-12-5-4-6-15-12)11-13(18)17-8-9-20-14(17)19/h12,15H,2-11H2,1H3. The van der Waals surface area contributed by atoms with Crippen LogP contribution >= 0.6 is 0 Å². The van der Waals surface area contributed by atoms with Crippen LogP contribution in [0.3, 0.4) is 0 Å². The molecule has 2 fully saturated rings. The number of nitrogens with zero attached hydrogens (tertiary/aromatic N) is 2. The Balaban J connectivity index is 1.84. The fraction of sp³-hybridized carbons (Fsp3) is 0.857. The number of imide groups is 1. The number of hydrogen-bond acceptors (Lipinski definition) is 5. The van der Waals surface area contributed by atoms with Crippen LogP contribution in [0.4, 0.5) is 4.79 Å². The normalized spacial score (nSPS) is 22.6. The maximum absolute atomic E-state index is 12.2. The molecule has 2 aliphatic heterocycles. The smallest absolute Gasteiger partial charge is 0.416 e. The molecule has 0 bridgehead atoms. The second-order valence-corrected chi connectivity index (χ2v) is 5.54. The van der Waals surface area contributed by atoms with Crippen molar-refractivity contribution in [1.29, 1.82) is 0 Å². The lowest BCUT2D eigenvalue weighted by Gasteiger charge is -2.26. The van der Waals surface area contributed by atoms with Gasteiger partial charge in [-0.15, -0.1) is 0 Å². The number of hydrogen-bond donors (Lipinski definition) is 1. The summed E-state index contributed by atoms with van der Waals surface area (Å²) in [4.78, 5) is 27.0. The predicted octanol–water partition coefficient (Wildman–Crippen LogP) is 0.819. The molecule has 0 spiro atoms. The van der Waals surface area contributed by atoms with Crippen LogP contribution in [0.2, 0.25) is 0 Å². The topological polar surface area (TPSA) is 61.9 Å². The molecule has 1 N–H and O–H groups in total. The van der Waals surface area contributed by atoms with E-state index in [0.29, 0.717) is 25.7 Å². The summed E-state index contributed by atoms with van der Waals surface area (Å²) in [6.45, 7) is 6.03. The molecule has 2 rings (SSSR count). The molecule has 0 aromatic heterocycles. The van der Waals surface area contributed by atoms with Crippen LogP contribution in [0.25, 0.3) is 0 Å². The summed E-state index contributed by atoms with van der Waals surface area (Å²) >= 11 is 0. The van der Waals surface area contributed by atoms with Crippen molar-refractivity contribution >= 4 is 12.0 Å². The molecule has 0 aliphatic carbocycles. The summed E-state index contributed by atoms with van der Waals surface area (Å²) < 4.78 is 4.82. The van der Waals surface area contributed by atoms with Crippen molar-refractivity contribution in [1.82, 2.24) is 15.1 Å². The van der Waals surface area contributed by atoms with E-state index in [1.54, 1.807) is 0 Å². The molecule has 0 aromatic rings. The summed E-state index contributed by atoms with van der Waals surface area (Å²) in [6, 6.07) is 0.477. The van der Waals surface area contributed by atoms with Crippen molar-refractivity contribution in [3.8, 4) is 0 Å². The van der Waals surface area contributed by atoms with Crippen LogP contribution in [0.5, 0.6) is 0 Å². The molecule has 1 unspecified atom stereocenters. The van der Waals surface area contributed by atoms with Gasteiger partial charge in [0.2, 0.25) is 5.91 Å². The molecular weight excluding hydrogens is 258 g/mol. The van der Waals surface area contributed by atoms with Crippen LogP contribution in [0.1, 0.15) is 32.6 Å². The number of rotatable bonds is 7. The van der Waals surface area contributed by atoms with E-state index in [-0.39, 0.29) is 5.91 Å². The lowest BCUT2D eigenvalue weighted by molar-refractivity contribution is -0.129. The minimum absolute atomic E-state index is 0.137. The number of amides is 2. The minimum Gasteiger partial charge on any atom is -0.447 e. The molecule has 2 amide bonds. The Kier molecular flexibility index (Phi) is 5.79. The van der Waals surface area contributed by atoms with E-state index in [0.717, 1.165) is 32.5 Å². The maximum Gasteiger partial charge on any atom is 0.416 e. The summed E-state index contributed by atoms with van der Waals surface area (Å²) in [5, 5.41) is 3.46. The first-order chi connectivity index (χ1) is 9.70. The van der Waals surface area contributed by atoms with Gasteiger partial charge in [-0.1, -0.05) is 13.3 Å². The highest BCUT2D eigenvalue weighted by molar-refractivity contribution is 5.94. The Labute approximate surface area is 120 Å². The molecule has 2 saturated heterocycles. The Morgan fingerprint density at radius 3 is 3.00 bits per heavy atom. The highest BCUT2D eigenvalue weighted by Gasteiger charge is 2.30. The highest BCUT2D eigenvalue weighted by Crippen LogP contribution is 2.10. The summed E-state index contributed by atoms with van der Waals surface area (Å²) in [6.07, 6.45) is 4.06. The molecule has 0 aromatic carbocycles. The SMILES string of the molecule is CCCCN(CC(=O)N1CCOC1=O)CC1CCCN1. The van der Waals surface area contributed by atoms with E-state index in [4.69, 9.17) is 4.74 Å². The number of unbranched alkanes of at least 4 members (excludes halogenated alkanes) is 1. The van der Waals surface area contributed by atoms with Gasteiger partial charge in [0.25, 0.3) is 0 Å². The monoisotopic (exact) mass is 283 g/mol. The fourth-order valence-corrected chi connectivity index (χ4v) is 2.74. The van der Waals surface area contributed by atoms with Crippen LogP contribution in [0.15, 0.2) is 0 Å². The van der Waals surface area contributed by atoms with Gasteiger partial charge in [0.1, 0.15) is 6.61 Å². The average molecular weight is 283 g/mol. The summed E-state index contributed by atoms with van der Waals surface area (Å²) in [7, 11) is 0. The largest absolute Gasteiger partial charge is 0.447 e. The van der Waals surface area contributed by atoms with E-state index >= 15 is 0 Å². The summed E-state index contributed by atoms with van der Waals surface area (Å²) in [5.74, 6) is -0.137. The highest BCUT2D eigenvalue weighted by atomic mass is 16.6. The third kappa shape index (κ3) is 4.18. The van der Waals surface area contributed by atoms with Crippen molar-refractivity contribution in [3.63, 3.8) is 0 Å². The molecule has 0 saturated carbocycles. The van der Waals surface area contributed by atoms with Crippen molar-refractivity contribution in [2.24, 2.45) is 0 Å². The molecule has 2 heterocycles. The van der Waals surface area contributed by atoms with E-state index in [1.165, 1.54) is 17.7 Å². The zero-order valence-electron chi connectivity index (χ0n) is 12.3. The second kappa shape index (κ2) is 7.59. The van der Waals surface area contributed by atoms with Gasteiger partial charge in [0.15, 0.2) is 0 Å². The molecule has 2 aliphatic rings. The first-order valence-corrected chi connectivity index (χ1v) is 7.63. The fourth-order valence-electron chi connectivity index (χ4n) is 2.74. The van der Waals surface area contributed by atoms with Crippen LogP contribution < -0.4 is 5.32 Å². The van der Waals surface area contributed by atoms with Gasteiger partial charge in [-0.05, 0) is 32.4 Å². The van der Waals surface area contributed by atoms with E-state index in [9.17, 15) is 9.59 Å². The predicted molar refractivity (Wildman–Crippen MR) is 75.4 cm³/mol. The first-order valence-electron chi connectivity index (χ1n) is 7.63. The maximum atomic E-state index is 12.2. The van der Waals surface area contributed by atoms with Crippen molar-refractivity contribution in [3.05, 3.63) is 0 Å². The Morgan fingerprint density at radius 2 is 2.40 bits per heavy atom. The van der Waals surface area contributed by atoms with Crippen LogP contribution in [0, 0.1) is 0 Å². The lowest BCUT2D eigenvalue weighted by Crippen LogP contribution is -2.45. The van der Waals surface area contributed by atoms with Gasteiger partial charge in [-0.3, -0.25) is 9.69 Å². The van der Waals surface area contributed by atoms with Crippen LogP contribution in [-0.4, -0.2) is 67.2 Å². The third-order valence-electron chi connectivity index (χ3n) is 3.89. The van der Waals surface area contributed by atoms with Gasteiger partial charge in [0, 0.05) is 12.6 Å². The number of nitrogens with one attached hydrogen (secondary N) is 1. The molecule has 20 heavy (non-hydrogen) atoms. The number of ether oxygens (including phenoxy) is 1. The number of carbonyl (C=O) groups is 2. The molecule has 6 heteroatoms. The van der Waals surface area contributed by atoms with E-state index < -0.39 is 6.09 Å². The molecule has 1 atom stereocenters. The van der Waals surface area contributed by atoms with Gasteiger partial charge in [-0.2, -0.15) is 0 Å². The molecular formula is C14H25N3O3. The Bertz CT molecular complexity index is 343. The number of carbonyl (C=O) groups excluding carboxylic acids is 2. The zero-order valence-corrected chi connectivity index (χ0v) is 12.3. The lowest BCUT2D eigenvalue weighted by atomic mass is 10.2. The minimum atomic E-state index is -0.496.